The number of aromatic nitrogens is 1. The van der Waals surface area contributed by atoms with E-state index in [0.717, 1.165) is 0 Å². The molecule has 0 unspecified atom stereocenters. The van der Waals surface area contributed by atoms with Crippen molar-refractivity contribution in [3.8, 4) is 0 Å². The summed E-state index contributed by atoms with van der Waals surface area (Å²) in [6.45, 7) is 0. The fourth-order valence-corrected chi connectivity index (χ4v) is 0.911. The zero-order valence-corrected chi connectivity index (χ0v) is 6.43. The van der Waals surface area contributed by atoms with Gasteiger partial charge in [-0.3, -0.25) is 0 Å². The van der Waals surface area contributed by atoms with Crippen LogP contribution >= 0.6 is 0 Å². The molecule has 1 aromatic heterocycles. The molecule has 1 aromatic rings. The van der Waals surface area contributed by atoms with Crippen LogP contribution < -0.4 is 0 Å². The van der Waals surface area contributed by atoms with Crippen molar-refractivity contribution in [3.63, 3.8) is 0 Å². The second-order valence-electron chi connectivity index (χ2n) is 2.26. The number of nitrogens with zero attached hydrogens (tertiary/aromatic N) is 2. The van der Waals surface area contributed by atoms with E-state index in [9.17, 15) is 4.79 Å². The SMILES string of the molecule is Cn1cccc1C(=NO)C(=O)O. The summed E-state index contributed by atoms with van der Waals surface area (Å²) in [6.07, 6.45) is 1.67. The van der Waals surface area contributed by atoms with E-state index in [4.69, 9.17) is 10.3 Å². The maximum atomic E-state index is 10.5. The van der Waals surface area contributed by atoms with Crippen LogP contribution in [0.5, 0.6) is 0 Å². The van der Waals surface area contributed by atoms with Crippen LogP contribution in [0.1, 0.15) is 5.69 Å². The van der Waals surface area contributed by atoms with Gasteiger partial charge in [-0.1, -0.05) is 5.16 Å². The minimum atomic E-state index is -1.25. The van der Waals surface area contributed by atoms with Crippen LogP contribution in [-0.2, 0) is 11.8 Å². The number of hydrogen-bond acceptors (Lipinski definition) is 3. The van der Waals surface area contributed by atoms with Gasteiger partial charge >= 0.3 is 5.97 Å². The second kappa shape index (κ2) is 3.08. The van der Waals surface area contributed by atoms with Crippen molar-refractivity contribution in [1.29, 1.82) is 0 Å². The molecular weight excluding hydrogens is 160 g/mol. The van der Waals surface area contributed by atoms with E-state index in [1.807, 2.05) is 0 Å². The monoisotopic (exact) mass is 168 g/mol. The molecule has 0 atom stereocenters. The Balaban J connectivity index is 3.13. The van der Waals surface area contributed by atoms with Crippen molar-refractivity contribution in [2.24, 2.45) is 12.2 Å². The van der Waals surface area contributed by atoms with Crippen LogP contribution in [0.3, 0.4) is 0 Å². The Bertz CT molecular complexity index is 327. The van der Waals surface area contributed by atoms with Gasteiger partial charge in [0.1, 0.15) is 0 Å². The Hall–Kier alpha value is -1.78. The number of aliphatic carboxylic acids is 1. The van der Waals surface area contributed by atoms with E-state index in [1.54, 1.807) is 29.9 Å². The van der Waals surface area contributed by atoms with Crippen molar-refractivity contribution < 1.29 is 15.1 Å². The molecule has 0 bridgehead atoms. The van der Waals surface area contributed by atoms with Crippen LogP contribution in [0.4, 0.5) is 0 Å². The minimum Gasteiger partial charge on any atom is -0.476 e. The van der Waals surface area contributed by atoms with Crippen LogP contribution in [0.25, 0.3) is 0 Å². The number of carboxylic acid groups (broad SMARTS) is 1. The van der Waals surface area contributed by atoms with Gasteiger partial charge in [0.25, 0.3) is 0 Å². The van der Waals surface area contributed by atoms with Gasteiger partial charge in [0.2, 0.25) is 5.71 Å². The molecule has 1 heterocycles. The quantitative estimate of drug-likeness (QED) is 0.378. The van der Waals surface area contributed by atoms with Gasteiger partial charge in [0, 0.05) is 13.2 Å². The van der Waals surface area contributed by atoms with Crippen molar-refractivity contribution in [2.45, 2.75) is 0 Å². The summed E-state index contributed by atoms with van der Waals surface area (Å²) in [4.78, 5) is 10.5. The van der Waals surface area contributed by atoms with E-state index >= 15 is 0 Å². The Kier molecular flexibility index (Phi) is 2.14. The number of carboxylic acids is 1. The Labute approximate surface area is 68.5 Å². The highest BCUT2D eigenvalue weighted by atomic mass is 16.4. The summed E-state index contributed by atoms with van der Waals surface area (Å²) >= 11 is 0. The van der Waals surface area contributed by atoms with Crippen LogP contribution in [0.2, 0.25) is 0 Å². The molecule has 5 nitrogen and oxygen atoms in total. The minimum absolute atomic E-state index is 0.359. The number of hydrogen-bond donors (Lipinski definition) is 2. The predicted molar refractivity (Wildman–Crippen MR) is 41.4 cm³/mol. The van der Waals surface area contributed by atoms with E-state index in [0.29, 0.717) is 5.69 Å². The fourth-order valence-electron chi connectivity index (χ4n) is 0.911. The maximum Gasteiger partial charge on any atom is 0.360 e. The third kappa shape index (κ3) is 1.29. The summed E-state index contributed by atoms with van der Waals surface area (Å²) < 4.78 is 1.56. The van der Waals surface area contributed by atoms with Crippen molar-refractivity contribution in [1.82, 2.24) is 4.57 Å². The molecule has 0 spiro atoms. The van der Waals surface area contributed by atoms with E-state index in [2.05, 4.69) is 5.16 Å². The summed E-state index contributed by atoms with van der Waals surface area (Å²) in [5, 5.41) is 19.6. The van der Waals surface area contributed by atoms with Gasteiger partial charge in [0.15, 0.2) is 0 Å². The number of rotatable bonds is 2. The molecule has 1 rings (SSSR count). The predicted octanol–water partition coefficient (Wildman–Crippen LogP) is 0.288. The third-order valence-corrected chi connectivity index (χ3v) is 1.49. The fraction of sp³-hybridized carbons (Fsp3) is 0.143. The first kappa shape index (κ1) is 8.32. The van der Waals surface area contributed by atoms with Crippen molar-refractivity contribution in [3.05, 3.63) is 24.0 Å². The normalized spacial score (nSPS) is 11.6. The van der Waals surface area contributed by atoms with Crippen LogP contribution in [0, 0.1) is 0 Å². The largest absolute Gasteiger partial charge is 0.476 e. The first-order valence-corrected chi connectivity index (χ1v) is 3.24. The molecule has 2 N–H and O–H groups in total. The zero-order valence-electron chi connectivity index (χ0n) is 6.43. The molecule has 0 aromatic carbocycles. The lowest BCUT2D eigenvalue weighted by atomic mass is 10.3. The van der Waals surface area contributed by atoms with Gasteiger partial charge < -0.3 is 14.9 Å². The van der Waals surface area contributed by atoms with E-state index in [1.165, 1.54) is 0 Å². The molecule has 0 aliphatic heterocycles. The summed E-state index contributed by atoms with van der Waals surface area (Å²) in [7, 11) is 1.67. The first-order valence-electron chi connectivity index (χ1n) is 3.24. The average Bonchev–Trinajstić information content (AvgIpc) is 2.38. The Morgan fingerprint density at radius 1 is 1.67 bits per heavy atom. The lowest BCUT2D eigenvalue weighted by Gasteiger charge is -1.99. The lowest BCUT2D eigenvalue weighted by molar-refractivity contribution is -0.129. The maximum absolute atomic E-state index is 10.5. The molecule has 0 radical (unpaired) electrons. The standard InChI is InChI=1S/C7H8N2O3/c1-9-4-2-3-5(9)6(8-12)7(10)11/h2-4,12H,1H3,(H,10,11). The molecule has 0 saturated carbocycles. The van der Waals surface area contributed by atoms with Crippen LogP contribution in [0.15, 0.2) is 23.5 Å². The van der Waals surface area contributed by atoms with Gasteiger partial charge in [-0.25, -0.2) is 4.79 Å². The number of oxime groups is 1. The summed E-state index contributed by atoms with van der Waals surface area (Å²) in [5.41, 5.74) is 0.00694. The van der Waals surface area contributed by atoms with Crippen molar-refractivity contribution >= 4 is 11.7 Å². The molecule has 64 valence electrons. The molecule has 12 heavy (non-hydrogen) atoms. The molecule has 0 amide bonds. The molecule has 0 aliphatic rings. The van der Waals surface area contributed by atoms with Gasteiger partial charge in [-0.2, -0.15) is 0 Å². The lowest BCUT2D eigenvalue weighted by Crippen LogP contribution is -2.17. The van der Waals surface area contributed by atoms with Gasteiger partial charge in [-0.15, -0.1) is 0 Å². The highest BCUT2D eigenvalue weighted by molar-refractivity contribution is 6.41. The first-order chi connectivity index (χ1) is 5.66. The number of carbonyl (C=O) groups is 1. The number of aryl methyl sites for hydroxylation is 1. The molecule has 5 heteroatoms. The molecule has 0 fully saturated rings. The highest BCUT2D eigenvalue weighted by Crippen LogP contribution is 2.01. The summed E-state index contributed by atoms with van der Waals surface area (Å²) in [6, 6.07) is 3.23. The second-order valence-corrected chi connectivity index (χ2v) is 2.26. The van der Waals surface area contributed by atoms with Crippen LogP contribution in [-0.4, -0.2) is 26.6 Å². The van der Waals surface area contributed by atoms with E-state index in [-0.39, 0.29) is 5.71 Å². The smallest absolute Gasteiger partial charge is 0.360 e. The van der Waals surface area contributed by atoms with Gasteiger partial charge in [-0.05, 0) is 12.1 Å². The molecule has 0 saturated heterocycles. The van der Waals surface area contributed by atoms with Gasteiger partial charge in [0.05, 0.1) is 5.69 Å². The highest BCUT2D eigenvalue weighted by Gasteiger charge is 2.15. The van der Waals surface area contributed by atoms with E-state index < -0.39 is 5.97 Å². The molecule has 0 aliphatic carbocycles. The Morgan fingerprint density at radius 3 is 2.67 bits per heavy atom. The summed E-state index contributed by atoms with van der Waals surface area (Å²) in [5.74, 6) is -1.25. The van der Waals surface area contributed by atoms with Crippen molar-refractivity contribution in [2.75, 3.05) is 0 Å². The molecular formula is C7H8N2O3. The third-order valence-electron chi connectivity index (χ3n) is 1.49. The topological polar surface area (TPSA) is 74.8 Å². The Morgan fingerprint density at radius 2 is 2.33 bits per heavy atom. The average molecular weight is 168 g/mol. The zero-order chi connectivity index (χ0) is 9.14.